The van der Waals surface area contributed by atoms with E-state index in [0.29, 0.717) is 0 Å². The normalized spacial score (nSPS) is 11.1. The third-order valence-electron chi connectivity index (χ3n) is 5.40. The van der Waals surface area contributed by atoms with E-state index in [1.165, 1.54) is 93.3 Å². The van der Waals surface area contributed by atoms with E-state index in [9.17, 15) is 0 Å². The maximum absolute atomic E-state index is 4.59. The van der Waals surface area contributed by atoms with Crippen LogP contribution < -0.4 is 0 Å². The number of hydrogen-bond donors (Lipinski definition) is 0. The molecule has 2 aromatic rings. The zero-order chi connectivity index (χ0) is 20.6. The van der Waals surface area contributed by atoms with E-state index >= 15 is 0 Å². The molecule has 0 aliphatic carbocycles. The Morgan fingerprint density at radius 3 is 1.83 bits per heavy atom. The molecule has 3 heteroatoms. The second kappa shape index (κ2) is 15.5. The monoisotopic (exact) mass is 412 g/mol. The number of hydrogen-bond acceptors (Lipinski definition) is 3. The first-order valence-corrected chi connectivity index (χ1v) is 12.9. The molecule has 2 nitrogen and oxygen atoms in total. The average molecular weight is 413 g/mol. The van der Waals surface area contributed by atoms with Crippen LogP contribution in [-0.4, -0.2) is 15.7 Å². The highest BCUT2D eigenvalue weighted by Gasteiger charge is 2.03. The average Bonchev–Trinajstić information content (AvgIpc) is 2.76. The van der Waals surface area contributed by atoms with Crippen LogP contribution in [0.4, 0.5) is 0 Å². The van der Waals surface area contributed by atoms with Gasteiger partial charge in [0, 0.05) is 22.9 Å². The summed E-state index contributed by atoms with van der Waals surface area (Å²) in [6.45, 7) is 4.54. The highest BCUT2D eigenvalue weighted by molar-refractivity contribution is 7.99. The quantitative estimate of drug-likeness (QED) is 0.204. The molecule has 0 saturated carbocycles. The first-order chi connectivity index (χ1) is 14.3. The summed E-state index contributed by atoms with van der Waals surface area (Å²) in [5.41, 5.74) is 2.37. The third kappa shape index (κ3) is 10.3. The van der Waals surface area contributed by atoms with Crippen molar-refractivity contribution in [1.29, 1.82) is 0 Å². The summed E-state index contributed by atoms with van der Waals surface area (Å²) in [6.07, 6.45) is 21.3. The van der Waals surface area contributed by atoms with Gasteiger partial charge in [-0.1, -0.05) is 90.2 Å². The van der Waals surface area contributed by atoms with Gasteiger partial charge < -0.3 is 0 Å². The molecule has 0 bridgehead atoms. The Morgan fingerprint density at radius 1 is 0.655 bits per heavy atom. The van der Waals surface area contributed by atoms with E-state index in [1.807, 2.05) is 24.2 Å². The number of aryl methyl sites for hydroxylation is 1. The van der Waals surface area contributed by atoms with Gasteiger partial charge in [-0.2, -0.15) is 0 Å². The Bertz CT molecular complexity index is 637. The zero-order valence-electron chi connectivity index (χ0n) is 18.7. The van der Waals surface area contributed by atoms with Crippen molar-refractivity contribution in [2.24, 2.45) is 0 Å². The highest BCUT2D eigenvalue weighted by atomic mass is 32.2. The van der Waals surface area contributed by atoms with Crippen molar-refractivity contribution in [1.82, 2.24) is 9.97 Å². The molecule has 2 rings (SSSR count). The number of unbranched alkanes of at least 4 members (excludes halogenated alkanes) is 10. The van der Waals surface area contributed by atoms with Gasteiger partial charge >= 0.3 is 0 Å². The lowest BCUT2D eigenvalue weighted by Crippen LogP contribution is -1.93. The Hall–Kier alpha value is -1.35. The summed E-state index contributed by atoms with van der Waals surface area (Å²) >= 11 is 1.97. The minimum absolute atomic E-state index is 0.836. The van der Waals surface area contributed by atoms with Crippen molar-refractivity contribution in [2.45, 2.75) is 102 Å². The maximum atomic E-state index is 4.59. The Morgan fingerprint density at radius 2 is 1.21 bits per heavy atom. The van der Waals surface area contributed by atoms with Gasteiger partial charge in [0.25, 0.3) is 0 Å². The van der Waals surface area contributed by atoms with E-state index in [4.69, 9.17) is 0 Å². The van der Waals surface area contributed by atoms with Gasteiger partial charge in [-0.15, -0.1) is 11.8 Å². The molecule has 1 aromatic carbocycles. The summed E-state index contributed by atoms with van der Waals surface area (Å²) in [5, 5.41) is 0. The standard InChI is InChI=1S/C26H40N2S/c1-3-5-7-9-10-12-14-20-29-25-18-16-24(17-19-25)26-27-21-23(22-28-26)15-13-11-8-6-4-2/h16-19,21-22H,3-15,20H2,1-2H3. The largest absolute Gasteiger partial charge is 0.236 e. The van der Waals surface area contributed by atoms with Crippen molar-refractivity contribution in [2.75, 3.05) is 5.75 Å². The third-order valence-corrected chi connectivity index (χ3v) is 6.50. The zero-order valence-corrected chi connectivity index (χ0v) is 19.5. The number of nitrogens with zero attached hydrogens (tertiary/aromatic N) is 2. The topological polar surface area (TPSA) is 25.8 Å². The van der Waals surface area contributed by atoms with E-state index in [1.54, 1.807) is 0 Å². The van der Waals surface area contributed by atoms with Crippen LogP contribution >= 0.6 is 11.8 Å². The molecule has 0 saturated heterocycles. The van der Waals surface area contributed by atoms with Gasteiger partial charge in [0.15, 0.2) is 5.82 Å². The van der Waals surface area contributed by atoms with Crippen LogP contribution in [0.3, 0.4) is 0 Å². The van der Waals surface area contributed by atoms with Gasteiger partial charge in [-0.3, -0.25) is 0 Å². The Labute approximate surface area is 183 Å². The van der Waals surface area contributed by atoms with Crippen molar-refractivity contribution in [3.05, 3.63) is 42.2 Å². The molecule has 1 aromatic heterocycles. The summed E-state index contributed by atoms with van der Waals surface area (Å²) < 4.78 is 0. The predicted octanol–water partition coefficient (Wildman–Crippen LogP) is 8.50. The van der Waals surface area contributed by atoms with Crippen LogP contribution in [-0.2, 0) is 6.42 Å². The van der Waals surface area contributed by atoms with E-state index in [-0.39, 0.29) is 0 Å². The molecule has 0 spiro atoms. The van der Waals surface area contributed by atoms with Gasteiger partial charge in [-0.25, -0.2) is 9.97 Å². The fourth-order valence-electron chi connectivity index (χ4n) is 3.52. The molecule has 0 aliphatic heterocycles. The smallest absolute Gasteiger partial charge is 0.159 e. The fourth-order valence-corrected chi connectivity index (χ4v) is 4.43. The first kappa shape index (κ1) is 23.9. The lowest BCUT2D eigenvalue weighted by atomic mass is 10.1. The van der Waals surface area contributed by atoms with Crippen molar-refractivity contribution < 1.29 is 0 Å². The highest BCUT2D eigenvalue weighted by Crippen LogP contribution is 2.23. The van der Waals surface area contributed by atoms with Crippen LogP contribution in [0.2, 0.25) is 0 Å². The number of aromatic nitrogens is 2. The molecule has 1 heterocycles. The number of benzene rings is 1. The molecule has 29 heavy (non-hydrogen) atoms. The molecule has 0 fully saturated rings. The molecule has 160 valence electrons. The van der Waals surface area contributed by atoms with Gasteiger partial charge in [0.1, 0.15) is 0 Å². The van der Waals surface area contributed by atoms with Gasteiger partial charge in [-0.05, 0) is 42.7 Å². The number of thioether (sulfide) groups is 1. The first-order valence-electron chi connectivity index (χ1n) is 11.9. The lowest BCUT2D eigenvalue weighted by Gasteiger charge is -2.05. The van der Waals surface area contributed by atoms with Crippen molar-refractivity contribution >= 4 is 11.8 Å². The predicted molar refractivity (Wildman–Crippen MR) is 129 cm³/mol. The Kier molecular flexibility index (Phi) is 12.8. The second-order valence-corrected chi connectivity index (χ2v) is 9.24. The molecular formula is C26H40N2S. The van der Waals surface area contributed by atoms with Gasteiger partial charge in [0.05, 0.1) is 0 Å². The second-order valence-electron chi connectivity index (χ2n) is 8.07. The van der Waals surface area contributed by atoms with Crippen LogP contribution in [0.25, 0.3) is 11.4 Å². The summed E-state index contributed by atoms with van der Waals surface area (Å²) in [7, 11) is 0. The summed E-state index contributed by atoms with van der Waals surface area (Å²) in [5.74, 6) is 2.06. The summed E-state index contributed by atoms with van der Waals surface area (Å²) in [4.78, 5) is 10.5. The van der Waals surface area contributed by atoms with Crippen LogP contribution in [0.1, 0.15) is 96.5 Å². The molecule has 0 aliphatic rings. The molecule has 0 atom stereocenters. The van der Waals surface area contributed by atoms with E-state index < -0.39 is 0 Å². The summed E-state index contributed by atoms with van der Waals surface area (Å²) in [6, 6.07) is 8.75. The van der Waals surface area contributed by atoms with Crippen molar-refractivity contribution in [3.8, 4) is 11.4 Å². The fraction of sp³-hybridized carbons (Fsp3) is 0.615. The molecular weight excluding hydrogens is 372 g/mol. The minimum Gasteiger partial charge on any atom is -0.236 e. The molecule has 0 radical (unpaired) electrons. The van der Waals surface area contributed by atoms with Crippen LogP contribution in [0.5, 0.6) is 0 Å². The van der Waals surface area contributed by atoms with E-state index in [2.05, 4.69) is 48.1 Å². The molecule has 0 N–H and O–H groups in total. The number of rotatable bonds is 16. The molecule has 0 amide bonds. The maximum Gasteiger partial charge on any atom is 0.159 e. The molecule has 0 unspecified atom stereocenters. The van der Waals surface area contributed by atoms with Crippen LogP contribution in [0, 0.1) is 0 Å². The Balaban J connectivity index is 1.67. The van der Waals surface area contributed by atoms with Crippen molar-refractivity contribution in [3.63, 3.8) is 0 Å². The van der Waals surface area contributed by atoms with Gasteiger partial charge in [0.2, 0.25) is 0 Å². The van der Waals surface area contributed by atoms with Crippen LogP contribution in [0.15, 0.2) is 41.6 Å². The SMILES string of the molecule is CCCCCCCCCSc1ccc(-c2ncc(CCCCCCC)cn2)cc1. The lowest BCUT2D eigenvalue weighted by molar-refractivity contribution is 0.603. The minimum atomic E-state index is 0.836. The van der Waals surface area contributed by atoms with E-state index in [0.717, 1.165) is 17.8 Å².